The number of hydrogen-bond donors (Lipinski definition) is 1. The number of hydrogen-bond acceptors (Lipinski definition) is 5. The fourth-order valence-corrected chi connectivity index (χ4v) is 3.14. The molecule has 148 valence electrons. The van der Waals surface area contributed by atoms with Gasteiger partial charge in [-0.05, 0) is 36.6 Å². The van der Waals surface area contributed by atoms with Gasteiger partial charge in [0.05, 0.1) is 18.1 Å². The zero-order chi connectivity index (χ0) is 19.9. The minimum absolute atomic E-state index is 0.0125. The van der Waals surface area contributed by atoms with Gasteiger partial charge in [-0.3, -0.25) is 10.1 Å². The number of rotatable bonds is 7. The average molecular weight is 385 g/mol. The summed E-state index contributed by atoms with van der Waals surface area (Å²) in [6.07, 6.45) is 1.87. The van der Waals surface area contributed by atoms with Gasteiger partial charge in [-0.25, -0.2) is 4.79 Å². The maximum absolute atomic E-state index is 12.9. The van der Waals surface area contributed by atoms with E-state index in [9.17, 15) is 14.9 Å². The number of carbonyl (C=O) groups is 1. The zero-order valence-corrected chi connectivity index (χ0v) is 15.7. The summed E-state index contributed by atoms with van der Waals surface area (Å²) in [6.45, 7) is 1.51. The van der Waals surface area contributed by atoms with Crippen molar-refractivity contribution in [2.75, 3.05) is 25.6 Å². The van der Waals surface area contributed by atoms with E-state index in [0.29, 0.717) is 31.1 Å². The lowest BCUT2D eigenvalue weighted by Crippen LogP contribution is -2.39. The molecule has 0 radical (unpaired) electrons. The Morgan fingerprint density at radius 1 is 1.32 bits per heavy atom. The lowest BCUT2D eigenvalue weighted by atomic mass is 10.1. The van der Waals surface area contributed by atoms with Crippen LogP contribution < -0.4 is 10.1 Å². The van der Waals surface area contributed by atoms with Crippen LogP contribution in [0.15, 0.2) is 48.5 Å². The topological polar surface area (TPSA) is 93.9 Å². The predicted octanol–water partition coefficient (Wildman–Crippen LogP) is 3.82. The molecule has 1 N–H and O–H groups in total. The van der Waals surface area contributed by atoms with Crippen molar-refractivity contribution in [3.8, 4) is 5.75 Å². The third-order valence-electron chi connectivity index (χ3n) is 4.55. The molecular formula is C20H23N3O5. The number of anilines is 1. The normalized spacial score (nSPS) is 15.8. The number of carbonyl (C=O) groups excluding carboxylic acids is 1. The van der Waals surface area contributed by atoms with E-state index < -0.39 is 4.92 Å². The largest absolute Gasteiger partial charge is 0.497 e. The molecule has 2 aromatic rings. The van der Waals surface area contributed by atoms with Crippen LogP contribution in [0.25, 0.3) is 0 Å². The van der Waals surface area contributed by atoms with Gasteiger partial charge in [0, 0.05) is 37.5 Å². The van der Waals surface area contributed by atoms with E-state index in [4.69, 9.17) is 9.47 Å². The first kappa shape index (κ1) is 19.6. The minimum Gasteiger partial charge on any atom is -0.497 e. The van der Waals surface area contributed by atoms with E-state index >= 15 is 0 Å². The Kier molecular flexibility index (Phi) is 6.44. The predicted molar refractivity (Wildman–Crippen MR) is 104 cm³/mol. The summed E-state index contributed by atoms with van der Waals surface area (Å²) in [5.41, 5.74) is 1.23. The van der Waals surface area contributed by atoms with Crippen LogP contribution in [0.2, 0.25) is 0 Å². The highest BCUT2D eigenvalue weighted by atomic mass is 16.6. The van der Waals surface area contributed by atoms with E-state index in [1.165, 1.54) is 12.1 Å². The maximum atomic E-state index is 12.9. The molecule has 0 saturated carbocycles. The van der Waals surface area contributed by atoms with E-state index in [1.807, 2.05) is 24.3 Å². The number of nitrogens with one attached hydrogen (secondary N) is 1. The number of nitro benzene ring substituents is 1. The third kappa shape index (κ3) is 5.20. The van der Waals surface area contributed by atoms with Crippen molar-refractivity contribution in [3.63, 3.8) is 0 Å². The lowest BCUT2D eigenvalue weighted by molar-refractivity contribution is -0.384. The van der Waals surface area contributed by atoms with Crippen LogP contribution in [0.4, 0.5) is 16.2 Å². The molecule has 28 heavy (non-hydrogen) atoms. The van der Waals surface area contributed by atoms with Crippen LogP contribution in [0.5, 0.6) is 5.75 Å². The Labute approximate surface area is 163 Å². The maximum Gasteiger partial charge on any atom is 0.322 e. The van der Waals surface area contributed by atoms with E-state index in [2.05, 4.69) is 5.32 Å². The average Bonchev–Trinajstić information content (AvgIpc) is 3.21. The Bertz CT molecular complexity index is 836. The first-order valence-corrected chi connectivity index (χ1v) is 9.10. The van der Waals surface area contributed by atoms with Crippen LogP contribution in [-0.2, 0) is 11.3 Å². The summed E-state index contributed by atoms with van der Waals surface area (Å²) in [7, 11) is 1.60. The molecule has 0 spiro atoms. The van der Waals surface area contributed by atoms with Gasteiger partial charge >= 0.3 is 6.03 Å². The van der Waals surface area contributed by atoms with Crippen LogP contribution in [0.3, 0.4) is 0 Å². The summed E-state index contributed by atoms with van der Waals surface area (Å²) in [6, 6.07) is 13.1. The van der Waals surface area contributed by atoms with Gasteiger partial charge in [0.2, 0.25) is 0 Å². The molecule has 1 unspecified atom stereocenters. The lowest BCUT2D eigenvalue weighted by Gasteiger charge is -2.26. The van der Waals surface area contributed by atoms with Crippen molar-refractivity contribution in [1.82, 2.24) is 4.90 Å². The molecule has 2 amide bonds. The summed E-state index contributed by atoms with van der Waals surface area (Å²) in [5.74, 6) is 0.716. The molecule has 3 rings (SSSR count). The molecule has 1 heterocycles. The number of urea groups is 1. The second-order valence-electron chi connectivity index (χ2n) is 6.60. The van der Waals surface area contributed by atoms with Gasteiger partial charge in [0.15, 0.2) is 0 Å². The standard InChI is InChI=1S/C20H23N3O5/c1-27-18-8-2-5-15(11-18)13-22(14-19-9-4-10-28-19)20(24)21-16-6-3-7-17(12-16)23(25)26/h2-3,5-8,11-12,19H,4,9-10,13-14H2,1H3,(H,21,24). The number of benzene rings is 2. The molecule has 1 aliphatic heterocycles. The van der Waals surface area contributed by atoms with Crippen LogP contribution in [-0.4, -0.2) is 42.2 Å². The molecule has 2 aromatic carbocycles. The molecule has 1 aliphatic rings. The molecule has 8 heteroatoms. The SMILES string of the molecule is COc1cccc(CN(CC2CCCO2)C(=O)Nc2cccc([N+](=O)[O-])c2)c1. The van der Waals surface area contributed by atoms with Crippen molar-refractivity contribution in [2.24, 2.45) is 0 Å². The Morgan fingerprint density at radius 3 is 2.86 bits per heavy atom. The third-order valence-corrected chi connectivity index (χ3v) is 4.55. The fraction of sp³-hybridized carbons (Fsp3) is 0.350. The number of nitro groups is 1. The highest BCUT2D eigenvalue weighted by Crippen LogP contribution is 2.21. The fourth-order valence-electron chi connectivity index (χ4n) is 3.14. The second-order valence-corrected chi connectivity index (χ2v) is 6.60. The minimum atomic E-state index is -0.490. The number of methoxy groups -OCH3 is 1. The van der Waals surface area contributed by atoms with Gasteiger partial charge in [0.1, 0.15) is 5.75 Å². The van der Waals surface area contributed by atoms with Crippen molar-refractivity contribution >= 4 is 17.4 Å². The van der Waals surface area contributed by atoms with Crippen LogP contribution in [0, 0.1) is 10.1 Å². The molecule has 0 aromatic heterocycles. The first-order valence-electron chi connectivity index (χ1n) is 9.10. The molecule has 1 atom stereocenters. The van der Waals surface area contributed by atoms with Gasteiger partial charge in [0.25, 0.3) is 5.69 Å². The van der Waals surface area contributed by atoms with Crippen molar-refractivity contribution in [1.29, 1.82) is 0 Å². The van der Waals surface area contributed by atoms with Crippen LogP contribution >= 0.6 is 0 Å². The summed E-state index contributed by atoms with van der Waals surface area (Å²) < 4.78 is 10.9. The van der Waals surface area contributed by atoms with Crippen molar-refractivity contribution in [3.05, 3.63) is 64.2 Å². The highest BCUT2D eigenvalue weighted by molar-refractivity contribution is 5.89. The van der Waals surface area contributed by atoms with Crippen LogP contribution in [0.1, 0.15) is 18.4 Å². The first-order chi connectivity index (χ1) is 13.5. The van der Waals surface area contributed by atoms with Gasteiger partial charge < -0.3 is 19.7 Å². The smallest absolute Gasteiger partial charge is 0.322 e. The summed E-state index contributed by atoms with van der Waals surface area (Å²) >= 11 is 0. The monoisotopic (exact) mass is 385 g/mol. The number of nitrogens with zero attached hydrogens (tertiary/aromatic N) is 2. The Hall–Kier alpha value is -3.13. The molecular weight excluding hydrogens is 362 g/mol. The number of non-ortho nitro benzene ring substituents is 1. The van der Waals surface area contributed by atoms with Crippen molar-refractivity contribution in [2.45, 2.75) is 25.5 Å². The van der Waals surface area contributed by atoms with Gasteiger partial charge in [-0.15, -0.1) is 0 Å². The number of ether oxygens (including phenoxy) is 2. The highest BCUT2D eigenvalue weighted by Gasteiger charge is 2.23. The molecule has 0 aliphatic carbocycles. The Balaban J connectivity index is 1.75. The molecule has 1 fully saturated rings. The molecule has 8 nitrogen and oxygen atoms in total. The van der Waals surface area contributed by atoms with Crippen molar-refractivity contribution < 1.29 is 19.2 Å². The summed E-state index contributed by atoms with van der Waals surface area (Å²) in [5, 5.41) is 13.7. The summed E-state index contributed by atoms with van der Waals surface area (Å²) in [4.78, 5) is 25.0. The van der Waals surface area contributed by atoms with E-state index in [0.717, 1.165) is 18.4 Å². The molecule has 1 saturated heterocycles. The second kappa shape index (κ2) is 9.18. The Morgan fingerprint density at radius 2 is 2.14 bits per heavy atom. The van der Waals surface area contributed by atoms with Gasteiger partial charge in [-0.2, -0.15) is 0 Å². The number of amides is 2. The van der Waals surface area contributed by atoms with E-state index in [-0.39, 0.29) is 17.8 Å². The quantitative estimate of drug-likeness (QED) is 0.578. The van der Waals surface area contributed by atoms with E-state index in [1.54, 1.807) is 24.1 Å². The molecule has 0 bridgehead atoms. The van der Waals surface area contributed by atoms with Gasteiger partial charge in [-0.1, -0.05) is 18.2 Å². The zero-order valence-electron chi connectivity index (χ0n) is 15.7.